The third-order valence-electron chi connectivity index (χ3n) is 4.46. The second-order valence-electron chi connectivity index (χ2n) is 7.25. The number of Topliss-reactive ketones (excluding diaryl/α,β-unsaturated/α-hetero) is 1. The van der Waals surface area contributed by atoms with Gasteiger partial charge in [0.15, 0.2) is 5.78 Å². The van der Waals surface area contributed by atoms with E-state index >= 15 is 0 Å². The van der Waals surface area contributed by atoms with Gasteiger partial charge in [-0.25, -0.2) is 0 Å². The quantitative estimate of drug-likeness (QED) is 0.0557. The van der Waals surface area contributed by atoms with Crippen LogP contribution in [0.1, 0.15) is 46.0 Å². The predicted molar refractivity (Wildman–Crippen MR) is 123 cm³/mol. The Labute approximate surface area is 198 Å². The Morgan fingerprint density at radius 3 is 1.97 bits per heavy atom. The molecule has 0 heterocycles. The molecule has 0 unspecified atom stereocenters. The second kappa shape index (κ2) is 19.8. The first-order chi connectivity index (χ1) is 15.8. The first kappa shape index (κ1) is 31.4. The van der Waals surface area contributed by atoms with Gasteiger partial charge in [0, 0.05) is 53.1 Å². The highest BCUT2D eigenvalue weighted by atomic mass is 28.4. The van der Waals surface area contributed by atoms with Crippen LogP contribution < -0.4 is 0 Å². The SMILES string of the molecule is CO[Si](CCCOCCC(=O)C=C(C)OCCCCOCCOC(=O)CC(C)=O)(OC)OC. The van der Waals surface area contributed by atoms with Gasteiger partial charge in [0.05, 0.1) is 25.6 Å². The van der Waals surface area contributed by atoms with E-state index < -0.39 is 14.8 Å². The van der Waals surface area contributed by atoms with Crippen molar-refractivity contribution in [1.29, 1.82) is 0 Å². The molecule has 0 spiro atoms. The molecule has 0 aromatic carbocycles. The van der Waals surface area contributed by atoms with Crippen LogP contribution in [0.5, 0.6) is 0 Å². The van der Waals surface area contributed by atoms with Gasteiger partial charge in [-0.05, 0) is 33.1 Å². The largest absolute Gasteiger partial charge is 0.500 e. The third-order valence-corrected chi connectivity index (χ3v) is 7.29. The zero-order valence-electron chi connectivity index (χ0n) is 20.6. The fourth-order valence-electron chi connectivity index (χ4n) is 2.67. The molecular formula is C22H40O10Si. The number of hydrogen-bond acceptors (Lipinski definition) is 10. The number of hydrogen-bond donors (Lipinski definition) is 0. The van der Waals surface area contributed by atoms with Crippen LogP contribution in [0.2, 0.25) is 6.04 Å². The van der Waals surface area contributed by atoms with E-state index in [4.69, 9.17) is 32.2 Å². The Bertz CT molecular complexity index is 581. The lowest BCUT2D eigenvalue weighted by atomic mass is 10.2. The minimum atomic E-state index is -2.57. The number of esters is 1. The highest BCUT2D eigenvalue weighted by Gasteiger charge is 2.36. The minimum absolute atomic E-state index is 0.0513. The summed E-state index contributed by atoms with van der Waals surface area (Å²) in [7, 11) is 2.16. The molecule has 0 radical (unpaired) electrons. The summed E-state index contributed by atoms with van der Waals surface area (Å²) in [6.45, 7) is 5.33. The zero-order valence-corrected chi connectivity index (χ0v) is 21.6. The van der Waals surface area contributed by atoms with Crippen molar-refractivity contribution in [3.63, 3.8) is 0 Å². The third kappa shape index (κ3) is 17.5. The van der Waals surface area contributed by atoms with Crippen LogP contribution in [0.4, 0.5) is 0 Å². The molecule has 0 N–H and O–H groups in total. The van der Waals surface area contributed by atoms with Gasteiger partial charge in [0.1, 0.15) is 18.8 Å². The van der Waals surface area contributed by atoms with Gasteiger partial charge in [0.25, 0.3) is 0 Å². The number of allylic oxidation sites excluding steroid dienone is 2. The van der Waals surface area contributed by atoms with E-state index in [-0.39, 0.29) is 37.6 Å². The van der Waals surface area contributed by atoms with E-state index in [1.165, 1.54) is 13.0 Å². The van der Waals surface area contributed by atoms with E-state index in [9.17, 15) is 14.4 Å². The zero-order chi connectivity index (χ0) is 25.0. The molecule has 10 nitrogen and oxygen atoms in total. The predicted octanol–water partition coefficient (Wildman–Crippen LogP) is 2.47. The van der Waals surface area contributed by atoms with Gasteiger partial charge in [-0.2, -0.15) is 0 Å². The maximum absolute atomic E-state index is 12.0. The molecule has 11 heteroatoms. The van der Waals surface area contributed by atoms with Crippen LogP contribution in [0.25, 0.3) is 0 Å². The van der Waals surface area contributed by atoms with Crippen molar-refractivity contribution in [2.75, 3.05) is 61.0 Å². The molecule has 0 atom stereocenters. The van der Waals surface area contributed by atoms with E-state index in [0.717, 1.165) is 19.3 Å². The summed E-state index contributed by atoms with van der Waals surface area (Å²) in [6.07, 6.45) is 3.82. The molecule has 0 rings (SSSR count). The molecule has 0 aromatic rings. The van der Waals surface area contributed by atoms with Crippen LogP contribution >= 0.6 is 0 Å². The van der Waals surface area contributed by atoms with Crippen LogP contribution in [0.15, 0.2) is 11.8 Å². The molecule has 0 aliphatic rings. The average molecular weight is 493 g/mol. The minimum Gasteiger partial charge on any atom is -0.498 e. The lowest BCUT2D eigenvalue weighted by Crippen LogP contribution is -2.42. The molecule has 0 saturated carbocycles. The Morgan fingerprint density at radius 1 is 0.727 bits per heavy atom. The first-order valence-corrected chi connectivity index (χ1v) is 13.0. The van der Waals surface area contributed by atoms with E-state index in [1.54, 1.807) is 28.3 Å². The molecule has 0 saturated heterocycles. The monoisotopic (exact) mass is 492 g/mol. The normalized spacial score (nSPS) is 12.0. The van der Waals surface area contributed by atoms with Gasteiger partial charge >= 0.3 is 14.8 Å². The Morgan fingerprint density at radius 2 is 1.33 bits per heavy atom. The van der Waals surface area contributed by atoms with E-state index in [0.29, 0.717) is 38.2 Å². The molecule has 33 heavy (non-hydrogen) atoms. The lowest BCUT2D eigenvalue weighted by molar-refractivity contribution is -0.147. The summed E-state index contributed by atoms with van der Waals surface area (Å²) in [5.41, 5.74) is 0. The van der Waals surface area contributed by atoms with E-state index in [1.807, 2.05) is 0 Å². The number of carbonyl (C=O) groups is 3. The highest BCUT2D eigenvalue weighted by molar-refractivity contribution is 6.60. The summed E-state index contributed by atoms with van der Waals surface area (Å²) < 4.78 is 37.3. The topological polar surface area (TPSA) is 116 Å². The molecule has 0 aromatic heterocycles. The number of carbonyl (C=O) groups excluding carboxylic acids is 3. The summed E-state index contributed by atoms with van der Waals surface area (Å²) in [6, 6.07) is 0.650. The average Bonchev–Trinajstić information content (AvgIpc) is 2.77. The first-order valence-electron chi connectivity index (χ1n) is 11.1. The maximum Gasteiger partial charge on any atom is 0.500 e. The van der Waals surface area contributed by atoms with Crippen molar-refractivity contribution in [2.45, 2.75) is 52.0 Å². The summed E-state index contributed by atoms with van der Waals surface area (Å²) in [4.78, 5) is 33.9. The standard InChI is InChI=1S/C22H40O10Si/c1-19(23)17-22(25)32-15-14-30-10-6-7-12-31-20(2)18-21(24)9-13-29-11-8-16-33(26-3,27-4)28-5/h18H,6-17H2,1-5H3. The molecule has 0 aliphatic heterocycles. The van der Waals surface area contributed by atoms with Crippen molar-refractivity contribution in [3.05, 3.63) is 11.8 Å². The number of ether oxygens (including phenoxy) is 4. The van der Waals surface area contributed by atoms with E-state index in [2.05, 4.69) is 0 Å². The van der Waals surface area contributed by atoms with Crippen LogP contribution in [-0.2, 0) is 46.6 Å². The summed E-state index contributed by atoms with van der Waals surface area (Å²) in [5.74, 6) is -0.248. The van der Waals surface area contributed by atoms with Gasteiger partial charge in [-0.15, -0.1) is 0 Å². The van der Waals surface area contributed by atoms with Crippen LogP contribution in [0.3, 0.4) is 0 Å². The van der Waals surface area contributed by atoms with Crippen molar-refractivity contribution < 1.29 is 46.6 Å². The smallest absolute Gasteiger partial charge is 0.498 e. The van der Waals surface area contributed by atoms with Crippen molar-refractivity contribution >= 4 is 26.3 Å². The van der Waals surface area contributed by atoms with Crippen LogP contribution in [-0.4, -0.2) is 87.3 Å². The molecule has 0 amide bonds. The second-order valence-corrected chi connectivity index (χ2v) is 10.3. The Hall–Kier alpha value is -1.63. The van der Waals surface area contributed by atoms with Crippen molar-refractivity contribution in [1.82, 2.24) is 0 Å². The summed E-state index contributed by atoms with van der Waals surface area (Å²) >= 11 is 0. The number of rotatable bonds is 22. The fourth-order valence-corrected chi connectivity index (χ4v) is 4.36. The van der Waals surface area contributed by atoms with Gasteiger partial charge in [-0.3, -0.25) is 14.4 Å². The summed E-state index contributed by atoms with van der Waals surface area (Å²) in [5, 5.41) is 0. The van der Waals surface area contributed by atoms with Crippen LogP contribution in [0, 0.1) is 0 Å². The van der Waals surface area contributed by atoms with Gasteiger partial charge in [-0.1, -0.05) is 0 Å². The highest BCUT2D eigenvalue weighted by Crippen LogP contribution is 2.14. The fraction of sp³-hybridized carbons (Fsp3) is 0.773. The van der Waals surface area contributed by atoms with Crippen molar-refractivity contribution in [3.8, 4) is 0 Å². The molecule has 192 valence electrons. The lowest BCUT2D eigenvalue weighted by Gasteiger charge is -2.24. The Balaban J connectivity index is 3.69. The number of unbranched alkanes of at least 4 members (excludes halogenated alkanes) is 1. The molecule has 0 fully saturated rings. The molecular weight excluding hydrogens is 452 g/mol. The number of ketones is 2. The van der Waals surface area contributed by atoms with Gasteiger partial charge < -0.3 is 32.2 Å². The Kier molecular flexibility index (Phi) is 18.8. The maximum atomic E-state index is 12.0. The molecule has 0 bridgehead atoms. The molecule has 0 aliphatic carbocycles. The van der Waals surface area contributed by atoms with Crippen molar-refractivity contribution in [2.24, 2.45) is 0 Å². The van der Waals surface area contributed by atoms with Gasteiger partial charge in [0.2, 0.25) is 0 Å².